The fraction of sp³-hybridized carbons (Fsp3) is 0.280. The monoisotopic (exact) mass is 480 g/mol. The lowest BCUT2D eigenvalue weighted by molar-refractivity contribution is -0.138. The van der Waals surface area contributed by atoms with Crippen LogP contribution in [0.3, 0.4) is 0 Å². The summed E-state index contributed by atoms with van der Waals surface area (Å²) >= 11 is 6.34. The van der Waals surface area contributed by atoms with E-state index in [-0.39, 0.29) is 18.2 Å². The Balaban J connectivity index is 0.000000335. The van der Waals surface area contributed by atoms with Crippen molar-refractivity contribution in [1.82, 2.24) is 0 Å². The highest BCUT2D eigenvalue weighted by atomic mass is 35.5. The van der Waals surface area contributed by atoms with Crippen LogP contribution in [-0.4, -0.2) is 7.05 Å². The minimum Gasteiger partial charge on any atom is -0.398 e. The van der Waals surface area contributed by atoms with Gasteiger partial charge < -0.3 is 22.9 Å². The lowest BCUT2D eigenvalue weighted by Crippen LogP contribution is -2.12. The van der Waals surface area contributed by atoms with Crippen LogP contribution in [-0.2, 0) is 19.1 Å². The van der Waals surface area contributed by atoms with Crippen LogP contribution >= 0.6 is 11.6 Å². The molecule has 0 spiro atoms. The molecular formula is C25H32ClF3N4. The van der Waals surface area contributed by atoms with Gasteiger partial charge in [-0.15, -0.1) is 0 Å². The van der Waals surface area contributed by atoms with Crippen LogP contribution < -0.4 is 22.9 Å². The van der Waals surface area contributed by atoms with Gasteiger partial charge in [0.1, 0.15) is 0 Å². The minimum absolute atomic E-state index is 0.0126. The van der Waals surface area contributed by atoms with Crippen molar-refractivity contribution in [3.05, 3.63) is 99.6 Å². The maximum atomic E-state index is 12.2. The zero-order valence-electron chi connectivity index (χ0n) is 18.9. The number of para-hydroxylation sites is 1. The Kier molecular flexibility index (Phi) is 11.9. The smallest absolute Gasteiger partial charge is 0.398 e. The summed E-state index contributed by atoms with van der Waals surface area (Å²) in [7, 11) is 1.50. The third-order valence-corrected chi connectivity index (χ3v) is 5.31. The van der Waals surface area contributed by atoms with Gasteiger partial charge in [0.15, 0.2) is 0 Å². The van der Waals surface area contributed by atoms with E-state index in [9.17, 15) is 13.2 Å². The van der Waals surface area contributed by atoms with Crippen molar-refractivity contribution >= 4 is 17.3 Å². The van der Waals surface area contributed by atoms with Gasteiger partial charge in [-0.05, 0) is 53.9 Å². The highest BCUT2D eigenvalue weighted by Gasteiger charge is 2.32. The van der Waals surface area contributed by atoms with Crippen molar-refractivity contribution in [2.45, 2.75) is 38.5 Å². The molecular weight excluding hydrogens is 449 g/mol. The Bertz CT molecular complexity index is 993. The molecule has 3 aromatic rings. The fourth-order valence-electron chi connectivity index (χ4n) is 3.19. The van der Waals surface area contributed by atoms with E-state index in [0.717, 1.165) is 46.3 Å². The van der Waals surface area contributed by atoms with E-state index < -0.39 is 11.7 Å². The molecule has 0 aliphatic heterocycles. The molecule has 0 aliphatic carbocycles. The van der Waals surface area contributed by atoms with E-state index in [1.165, 1.54) is 25.2 Å². The Hall–Kier alpha value is -2.58. The van der Waals surface area contributed by atoms with Crippen LogP contribution in [0.15, 0.2) is 66.7 Å². The number of anilines is 1. The first-order valence-electron chi connectivity index (χ1n) is 10.5. The van der Waals surface area contributed by atoms with E-state index in [2.05, 4.69) is 18.7 Å². The summed E-state index contributed by atoms with van der Waals surface area (Å²) in [6.07, 6.45) is -2.69. The minimum atomic E-state index is -4.30. The highest BCUT2D eigenvalue weighted by Crippen LogP contribution is 2.31. The third kappa shape index (κ3) is 8.37. The van der Waals surface area contributed by atoms with Gasteiger partial charge >= 0.3 is 6.18 Å². The molecule has 3 rings (SSSR count). The Labute approximate surface area is 198 Å². The summed E-state index contributed by atoms with van der Waals surface area (Å²) in [4.78, 5) is 0. The van der Waals surface area contributed by atoms with Gasteiger partial charge in [-0.1, -0.05) is 67.1 Å². The molecule has 3 aromatic carbocycles. The number of benzene rings is 3. The van der Waals surface area contributed by atoms with Gasteiger partial charge in [-0.2, -0.15) is 13.2 Å². The van der Waals surface area contributed by atoms with Crippen LogP contribution in [0.1, 0.15) is 47.2 Å². The molecule has 1 unspecified atom stereocenters. The number of rotatable bonds is 5. The quantitative estimate of drug-likeness (QED) is 0.353. The van der Waals surface area contributed by atoms with Gasteiger partial charge in [0.25, 0.3) is 0 Å². The van der Waals surface area contributed by atoms with Gasteiger partial charge in [0, 0.05) is 29.7 Å². The molecule has 4 nitrogen and oxygen atoms in total. The Morgan fingerprint density at radius 1 is 0.879 bits per heavy atom. The van der Waals surface area contributed by atoms with Gasteiger partial charge in [-0.25, -0.2) is 0 Å². The number of nitrogens with two attached hydrogens (primary N) is 4. The number of hydrogen-bond donors (Lipinski definition) is 4. The number of nitrogen functional groups attached to an aromatic ring is 1. The molecule has 180 valence electrons. The molecule has 0 amide bonds. The molecule has 0 bridgehead atoms. The molecule has 8 heteroatoms. The van der Waals surface area contributed by atoms with Gasteiger partial charge in [0.05, 0.1) is 5.56 Å². The first kappa shape index (κ1) is 28.5. The molecule has 0 saturated heterocycles. The number of halogens is 4. The normalized spacial score (nSPS) is 11.5. The number of alkyl halides is 3. The average molecular weight is 481 g/mol. The van der Waals surface area contributed by atoms with Crippen molar-refractivity contribution in [1.29, 1.82) is 0 Å². The van der Waals surface area contributed by atoms with Crippen molar-refractivity contribution in [3.8, 4) is 0 Å². The summed E-state index contributed by atoms with van der Waals surface area (Å²) in [5.41, 5.74) is 25.4. The Morgan fingerprint density at radius 2 is 1.45 bits per heavy atom. The largest absolute Gasteiger partial charge is 0.416 e. The molecule has 0 saturated carbocycles. The molecule has 0 aromatic heterocycles. The lowest BCUT2D eigenvalue weighted by Gasteiger charge is -2.17. The van der Waals surface area contributed by atoms with E-state index >= 15 is 0 Å². The molecule has 0 heterocycles. The summed E-state index contributed by atoms with van der Waals surface area (Å²) in [6.45, 7) is 1.99. The molecule has 0 fully saturated rings. The van der Waals surface area contributed by atoms with E-state index in [0.29, 0.717) is 0 Å². The zero-order chi connectivity index (χ0) is 25.0. The number of hydrogen-bond acceptors (Lipinski definition) is 4. The van der Waals surface area contributed by atoms with Crippen molar-refractivity contribution in [3.63, 3.8) is 0 Å². The van der Waals surface area contributed by atoms with Crippen molar-refractivity contribution < 1.29 is 13.2 Å². The van der Waals surface area contributed by atoms with Gasteiger partial charge in [-0.3, -0.25) is 0 Å². The van der Waals surface area contributed by atoms with Crippen molar-refractivity contribution in [2.75, 3.05) is 12.8 Å². The SMILES string of the molecule is CCC(N)c1cccc(Cl)c1Cc1ccccc1N.CN.NCc1ccccc1C(F)(F)F. The highest BCUT2D eigenvalue weighted by molar-refractivity contribution is 6.31. The van der Waals surface area contributed by atoms with E-state index in [1.807, 2.05) is 36.4 Å². The summed E-state index contributed by atoms with van der Waals surface area (Å²) in [5, 5.41) is 0.754. The summed E-state index contributed by atoms with van der Waals surface area (Å²) < 4.78 is 36.5. The molecule has 8 N–H and O–H groups in total. The van der Waals surface area contributed by atoms with Crippen LogP contribution in [0.2, 0.25) is 5.02 Å². The van der Waals surface area contributed by atoms with E-state index in [1.54, 1.807) is 0 Å². The second-order valence-corrected chi connectivity index (χ2v) is 7.46. The average Bonchev–Trinajstić information content (AvgIpc) is 2.82. The first-order chi connectivity index (χ1) is 15.7. The predicted octanol–water partition coefficient (Wildman–Crippen LogP) is 5.66. The lowest BCUT2D eigenvalue weighted by atomic mass is 9.94. The van der Waals surface area contributed by atoms with Gasteiger partial charge in [0.2, 0.25) is 0 Å². The third-order valence-electron chi connectivity index (χ3n) is 4.96. The maximum absolute atomic E-state index is 12.2. The molecule has 0 aliphatic rings. The zero-order valence-corrected chi connectivity index (χ0v) is 19.6. The predicted molar refractivity (Wildman–Crippen MR) is 132 cm³/mol. The molecule has 33 heavy (non-hydrogen) atoms. The van der Waals surface area contributed by atoms with Crippen LogP contribution in [0.4, 0.5) is 18.9 Å². The standard InChI is InChI=1S/C16H19ClN2.C8H8F3N.CH5N/c1-2-15(18)12-7-5-8-14(17)13(12)10-11-6-3-4-9-16(11)19;9-8(10,11)7-4-2-1-3-6(7)5-12;1-2/h3-9,15H,2,10,18-19H2,1H3;1-4H,5,12H2;2H2,1H3. The summed E-state index contributed by atoms with van der Waals surface area (Å²) in [5.74, 6) is 0. The summed E-state index contributed by atoms with van der Waals surface area (Å²) in [6, 6.07) is 19.1. The Morgan fingerprint density at radius 3 is 1.97 bits per heavy atom. The second kappa shape index (κ2) is 13.9. The van der Waals surface area contributed by atoms with Crippen molar-refractivity contribution in [2.24, 2.45) is 17.2 Å². The van der Waals surface area contributed by atoms with Crippen LogP contribution in [0.25, 0.3) is 0 Å². The second-order valence-electron chi connectivity index (χ2n) is 7.06. The first-order valence-corrected chi connectivity index (χ1v) is 10.9. The topological polar surface area (TPSA) is 104 Å². The van der Waals surface area contributed by atoms with E-state index in [4.69, 9.17) is 28.8 Å². The maximum Gasteiger partial charge on any atom is 0.416 e. The van der Waals surface area contributed by atoms with Crippen LogP contribution in [0, 0.1) is 0 Å². The van der Waals surface area contributed by atoms with Crippen LogP contribution in [0.5, 0.6) is 0 Å². The molecule has 1 atom stereocenters. The fourth-order valence-corrected chi connectivity index (χ4v) is 3.44. The molecule has 0 radical (unpaired) electrons.